The third kappa shape index (κ3) is 39.5. The Hall–Kier alpha value is -2.90. The summed E-state index contributed by atoms with van der Waals surface area (Å²) in [6, 6.07) is -0.844. The van der Waals surface area contributed by atoms with E-state index < -0.39 is 49.5 Å². The number of allylic oxidation sites excluding steroid dienone is 11. The molecule has 0 aromatic carbocycles. The second-order valence-electron chi connectivity index (χ2n) is 20.0. The second kappa shape index (κ2) is 50.3. The highest BCUT2D eigenvalue weighted by molar-refractivity contribution is 5.76. The van der Waals surface area contributed by atoms with Crippen molar-refractivity contribution in [2.45, 2.75) is 281 Å². The van der Waals surface area contributed by atoms with Gasteiger partial charge in [0.1, 0.15) is 24.4 Å². The molecule has 0 spiro atoms. The highest BCUT2D eigenvalue weighted by Gasteiger charge is 2.44. The quantitative estimate of drug-likeness (QED) is 0.0149. The van der Waals surface area contributed by atoms with Crippen molar-refractivity contribution in [1.29, 1.82) is 0 Å². The van der Waals surface area contributed by atoms with E-state index in [2.05, 4.69) is 79.9 Å². The highest BCUT2D eigenvalue weighted by atomic mass is 16.7. The van der Waals surface area contributed by atoms with Crippen molar-refractivity contribution in [2.75, 3.05) is 19.8 Å². The molecule has 0 saturated carbocycles. The Morgan fingerprint density at radius 2 is 0.958 bits per heavy atom. The van der Waals surface area contributed by atoms with Crippen LogP contribution < -0.4 is 5.32 Å². The Balaban J connectivity index is 2.16. The van der Waals surface area contributed by atoms with E-state index in [0.717, 1.165) is 103 Å². The number of hydrogen-bond donors (Lipinski definition) is 6. The summed E-state index contributed by atoms with van der Waals surface area (Å²) < 4.78 is 16.6. The number of carbonyl (C=O) groups is 2. The molecular formula is C61H107NO10. The third-order valence-corrected chi connectivity index (χ3v) is 13.3. The molecule has 11 nitrogen and oxygen atoms in total. The first kappa shape index (κ1) is 67.1. The van der Waals surface area contributed by atoms with Crippen molar-refractivity contribution in [1.82, 2.24) is 5.32 Å². The van der Waals surface area contributed by atoms with E-state index in [1.165, 1.54) is 109 Å². The molecule has 0 radical (unpaired) electrons. The average molecular weight is 1010 g/mol. The molecule has 1 heterocycles. The molecule has 416 valence electrons. The van der Waals surface area contributed by atoms with Crippen molar-refractivity contribution in [3.8, 4) is 0 Å². The number of hydrogen-bond acceptors (Lipinski definition) is 10. The van der Waals surface area contributed by atoms with Gasteiger partial charge in [0, 0.05) is 12.8 Å². The van der Waals surface area contributed by atoms with Crippen LogP contribution in [0.4, 0.5) is 0 Å². The average Bonchev–Trinajstić information content (AvgIpc) is 3.38. The predicted octanol–water partition coefficient (Wildman–Crippen LogP) is 13.2. The van der Waals surface area contributed by atoms with Gasteiger partial charge >= 0.3 is 5.97 Å². The molecule has 1 rings (SSSR count). The van der Waals surface area contributed by atoms with Gasteiger partial charge in [-0.2, -0.15) is 0 Å². The summed E-state index contributed by atoms with van der Waals surface area (Å²) in [4.78, 5) is 25.0. The lowest BCUT2D eigenvalue weighted by atomic mass is 9.99. The van der Waals surface area contributed by atoms with Gasteiger partial charge in [0.15, 0.2) is 6.29 Å². The lowest BCUT2D eigenvalue weighted by molar-refractivity contribution is -0.302. The minimum Gasteiger partial charge on any atom is -0.466 e. The minimum atomic E-state index is -1.59. The van der Waals surface area contributed by atoms with Crippen LogP contribution >= 0.6 is 0 Å². The summed E-state index contributed by atoms with van der Waals surface area (Å²) >= 11 is 0. The summed E-state index contributed by atoms with van der Waals surface area (Å²) in [6.07, 6.45) is 55.6. The third-order valence-electron chi connectivity index (χ3n) is 13.3. The van der Waals surface area contributed by atoms with Gasteiger partial charge in [-0.3, -0.25) is 9.59 Å². The topological polar surface area (TPSA) is 175 Å². The largest absolute Gasteiger partial charge is 0.466 e. The summed E-state index contributed by atoms with van der Waals surface area (Å²) in [7, 11) is 0. The van der Waals surface area contributed by atoms with Crippen LogP contribution in [-0.4, -0.2) is 100 Å². The maximum Gasteiger partial charge on any atom is 0.305 e. The minimum absolute atomic E-state index is 0.0414. The van der Waals surface area contributed by atoms with Crippen LogP contribution in [0.15, 0.2) is 72.9 Å². The smallest absolute Gasteiger partial charge is 0.305 e. The van der Waals surface area contributed by atoms with E-state index in [9.17, 15) is 35.1 Å². The van der Waals surface area contributed by atoms with E-state index in [1.807, 2.05) is 6.08 Å². The van der Waals surface area contributed by atoms with Crippen molar-refractivity contribution in [3.05, 3.63) is 72.9 Å². The predicted molar refractivity (Wildman–Crippen MR) is 296 cm³/mol. The number of unbranched alkanes of at least 4 members (excludes halogenated alkanes) is 26. The first-order valence-electron chi connectivity index (χ1n) is 29.2. The van der Waals surface area contributed by atoms with Crippen LogP contribution in [0.5, 0.6) is 0 Å². The van der Waals surface area contributed by atoms with Gasteiger partial charge in [0.05, 0.1) is 32.0 Å². The molecule has 72 heavy (non-hydrogen) atoms. The Morgan fingerprint density at radius 3 is 1.50 bits per heavy atom. The molecule has 7 atom stereocenters. The fraction of sp³-hybridized carbons (Fsp3) is 0.770. The van der Waals surface area contributed by atoms with Crippen LogP contribution in [0.1, 0.15) is 239 Å². The first-order chi connectivity index (χ1) is 35.2. The normalized spacial score (nSPS) is 19.6. The fourth-order valence-electron chi connectivity index (χ4n) is 8.55. The van der Waals surface area contributed by atoms with Crippen LogP contribution in [0.3, 0.4) is 0 Å². The van der Waals surface area contributed by atoms with Gasteiger partial charge in [-0.05, 0) is 109 Å². The van der Waals surface area contributed by atoms with Gasteiger partial charge in [-0.25, -0.2) is 0 Å². The Morgan fingerprint density at radius 1 is 0.514 bits per heavy atom. The van der Waals surface area contributed by atoms with Crippen molar-refractivity contribution >= 4 is 11.9 Å². The number of nitrogens with one attached hydrogen (secondary N) is 1. The molecule has 6 N–H and O–H groups in total. The number of rotatable bonds is 49. The molecule has 1 amide bonds. The van der Waals surface area contributed by atoms with Gasteiger partial charge in [0.25, 0.3) is 0 Å². The number of carbonyl (C=O) groups excluding carboxylic acids is 2. The molecule has 0 aliphatic carbocycles. The van der Waals surface area contributed by atoms with E-state index in [4.69, 9.17) is 14.2 Å². The molecule has 11 heteroatoms. The summed E-state index contributed by atoms with van der Waals surface area (Å²) in [6.45, 7) is 4.20. The monoisotopic (exact) mass is 1010 g/mol. The number of amides is 1. The zero-order valence-corrected chi connectivity index (χ0v) is 45.6. The van der Waals surface area contributed by atoms with Gasteiger partial charge in [-0.15, -0.1) is 0 Å². The second-order valence-corrected chi connectivity index (χ2v) is 20.0. The van der Waals surface area contributed by atoms with Crippen LogP contribution in [0.25, 0.3) is 0 Å². The molecule has 1 fully saturated rings. The number of aliphatic hydroxyl groups is 5. The molecule has 0 aromatic heterocycles. The fourth-order valence-corrected chi connectivity index (χ4v) is 8.55. The van der Waals surface area contributed by atoms with E-state index in [0.29, 0.717) is 19.4 Å². The standard InChI is InChI=1S/C61H107NO10/c1-3-5-7-9-11-13-15-16-24-28-31-35-39-43-47-54(64)53(52-71-61-60(69)59(68)58(67)55(51-63)72-61)62-56(65)48-44-40-36-32-29-25-22-20-18-17-19-21-23-26-30-34-38-42-46-50-70-57(66)49-45-41-37-33-27-14-12-10-8-6-4-2/h10,12-13,15,21,23,26,28,30-31,43,47,53-55,58-61,63-64,67-69H,3-9,11,14,16-20,22,24-25,27,29,32-42,44-46,48-52H2,1-2H3,(H,62,65)/b12-10-,15-13+,23-21-,30-26-,31-28+,47-43+. The first-order valence-corrected chi connectivity index (χ1v) is 29.2. The van der Waals surface area contributed by atoms with Gasteiger partial charge in [0.2, 0.25) is 5.91 Å². The zero-order chi connectivity index (χ0) is 52.4. The van der Waals surface area contributed by atoms with Gasteiger partial charge < -0.3 is 45.1 Å². The summed E-state index contributed by atoms with van der Waals surface area (Å²) in [5, 5.41) is 54.3. The lowest BCUT2D eigenvalue weighted by Gasteiger charge is -2.40. The van der Waals surface area contributed by atoms with E-state index in [1.54, 1.807) is 6.08 Å². The Bertz CT molecular complexity index is 1430. The van der Waals surface area contributed by atoms with E-state index >= 15 is 0 Å². The molecule has 7 unspecified atom stereocenters. The van der Waals surface area contributed by atoms with Crippen LogP contribution in [0.2, 0.25) is 0 Å². The maximum atomic E-state index is 13.0. The molecule has 1 aliphatic heterocycles. The van der Waals surface area contributed by atoms with Crippen molar-refractivity contribution in [2.24, 2.45) is 0 Å². The summed E-state index contributed by atoms with van der Waals surface area (Å²) in [5.74, 6) is -0.250. The molecule has 1 saturated heterocycles. The highest BCUT2D eigenvalue weighted by Crippen LogP contribution is 2.23. The van der Waals surface area contributed by atoms with Crippen LogP contribution in [-0.2, 0) is 23.8 Å². The molecule has 0 bridgehead atoms. The number of ether oxygens (including phenoxy) is 3. The number of esters is 1. The zero-order valence-electron chi connectivity index (χ0n) is 45.6. The number of aliphatic hydroxyl groups excluding tert-OH is 5. The van der Waals surface area contributed by atoms with Crippen LogP contribution in [0, 0.1) is 0 Å². The molecule has 1 aliphatic rings. The lowest BCUT2D eigenvalue weighted by Crippen LogP contribution is -2.60. The van der Waals surface area contributed by atoms with Gasteiger partial charge in [-0.1, -0.05) is 189 Å². The SMILES string of the molecule is CCCC/C=C\CCCCCCCC(=O)OCCCCC/C=C\C=C/CCCCCCCCCCCCC(=O)NC(COC1OC(CO)C(O)C(O)C1O)C(O)/C=C/CC/C=C/CC/C=C/CCCCCC. The Kier molecular flexibility index (Phi) is 46.9. The Labute approximate surface area is 439 Å². The van der Waals surface area contributed by atoms with Crippen molar-refractivity contribution < 1.29 is 49.3 Å². The molecule has 0 aromatic rings. The maximum absolute atomic E-state index is 13.0. The van der Waals surface area contributed by atoms with Crippen molar-refractivity contribution in [3.63, 3.8) is 0 Å². The van der Waals surface area contributed by atoms with E-state index in [-0.39, 0.29) is 18.5 Å². The molecular weight excluding hydrogens is 907 g/mol. The summed E-state index contributed by atoms with van der Waals surface area (Å²) in [5.41, 5.74) is 0.